The van der Waals surface area contributed by atoms with Crippen LogP contribution in [-0.4, -0.2) is 36.0 Å². The molecule has 0 radical (unpaired) electrons. The van der Waals surface area contributed by atoms with Crippen molar-refractivity contribution in [3.63, 3.8) is 0 Å². The third kappa shape index (κ3) is 6.49. The van der Waals surface area contributed by atoms with Crippen molar-refractivity contribution in [1.29, 1.82) is 0 Å². The van der Waals surface area contributed by atoms with Crippen molar-refractivity contribution in [2.45, 2.75) is 52.0 Å². The molecule has 0 fully saturated rings. The number of carbonyl (C=O) groups excluding carboxylic acids is 1. The highest BCUT2D eigenvalue weighted by Gasteiger charge is 2.19. The molecule has 0 saturated heterocycles. The average molecular weight is 517 g/mol. The first-order valence-electron chi connectivity index (χ1n) is 11.2. The van der Waals surface area contributed by atoms with Crippen molar-refractivity contribution in [1.82, 2.24) is 9.97 Å². The van der Waals surface area contributed by atoms with E-state index in [2.05, 4.69) is 20.6 Å². The van der Waals surface area contributed by atoms with E-state index in [4.69, 9.17) is 16.3 Å². The molecule has 0 aliphatic rings. The van der Waals surface area contributed by atoms with Crippen LogP contribution in [0, 0.1) is 6.92 Å². The lowest BCUT2D eigenvalue weighted by Gasteiger charge is -2.18. The zero-order valence-corrected chi connectivity index (χ0v) is 21.9. The van der Waals surface area contributed by atoms with Crippen LogP contribution in [0.25, 0.3) is 0 Å². The Labute approximate surface area is 211 Å². The normalized spacial score (nSPS) is 11.4. The largest absolute Gasteiger partial charge is 0.489 e. The van der Waals surface area contributed by atoms with E-state index in [0.29, 0.717) is 29.1 Å². The first kappa shape index (κ1) is 26.4. The Hall–Kier alpha value is -3.17. The van der Waals surface area contributed by atoms with Gasteiger partial charge in [-0.15, -0.1) is 0 Å². The maximum absolute atomic E-state index is 12.7. The van der Waals surface area contributed by atoms with Gasteiger partial charge in [0, 0.05) is 5.56 Å². The lowest BCUT2D eigenvalue weighted by Crippen LogP contribution is -2.11. The van der Waals surface area contributed by atoms with Gasteiger partial charge >= 0.3 is 0 Å². The van der Waals surface area contributed by atoms with E-state index in [0.717, 1.165) is 5.56 Å². The molecule has 2 N–H and O–H groups in total. The van der Waals surface area contributed by atoms with E-state index in [1.807, 2.05) is 27.7 Å². The van der Waals surface area contributed by atoms with Crippen molar-refractivity contribution < 1.29 is 17.9 Å². The fraction of sp³-hybridized carbons (Fsp3) is 0.320. The van der Waals surface area contributed by atoms with E-state index in [1.54, 1.807) is 36.4 Å². The summed E-state index contributed by atoms with van der Waals surface area (Å²) in [5, 5.41) is 6.35. The molecule has 1 aromatic heterocycles. The summed E-state index contributed by atoms with van der Waals surface area (Å²) in [5.41, 5.74) is 2.23. The van der Waals surface area contributed by atoms with E-state index in [-0.39, 0.29) is 39.3 Å². The Morgan fingerprint density at radius 3 is 2.51 bits per heavy atom. The molecule has 0 spiro atoms. The number of sulfone groups is 1. The maximum Gasteiger partial charge on any atom is 0.229 e. The number of rotatable bonds is 10. The van der Waals surface area contributed by atoms with Gasteiger partial charge in [-0.3, -0.25) is 4.79 Å². The molecule has 3 rings (SSSR count). The molecule has 10 heteroatoms. The van der Waals surface area contributed by atoms with E-state index in [1.165, 1.54) is 13.1 Å². The molecule has 0 unspecified atom stereocenters. The molecule has 2 aromatic carbocycles. The molecular weight excluding hydrogens is 488 g/mol. The Morgan fingerprint density at radius 1 is 1.14 bits per heavy atom. The van der Waals surface area contributed by atoms with E-state index < -0.39 is 9.84 Å². The number of hydrogen-bond acceptors (Lipinski definition) is 8. The average Bonchev–Trinajstić information content (AvgIpc) is 2.77. The van der Waals surface area contributed by atoms with Crippen molar-refractivity contribution in [2.24, 2.45) is 0 Å². The van der Waals surface area contributed by atoms with E-state index >= 15 is 0 Å². The van der Waals surface area contributed by atoms with Gasteiger partial charge in [-0.1, -0.05) is 30.7 Å². The molecule has 0 amide bonds. The van der Waals surface area contributed by atoms with Gasteiger partial charge < -0.3 is 15.4 Å². The fourth-order valence-corrected chi connectivity index (χ4v) is 5.13. The van der Waals surface area contributed by atoms with Crippen molar-refractivity contribution in [2.75, 3.05) is 16.4 Å². The Morgan fingerprint density at radius 2 is 1.86 bits per heavy atom. The smallest absolute Gasteiger partial charge is 0.229 e. The van der Waals surface area contributed by atoms with E-state index in [9.17, 15) is 13.2 Å². The van der Waals surface area contributed by atoms with Crippen LogP contribution in [-0.2, 0) is 9.84 Å². The van der Waals surface area contributed by atoms with Gasteiger partial charge in [-0.25, -0.2) is 13.4 Å². The number of benzene rings is 2. The summed E-state index contributed by atoms with van der Waals surface area (Å²) in [7, 11) is -3.48. The molecule has 0 bridgehead atoms. The summed E-state index contributed by atoms with van der Waals surface area (Å²) in [6.45, 7) is 8.97. The summed E-state index contributed by atoms with van der Waals surface area (Å²) in [4.78, 5) is 20.9. The Bertz CT molecular complexity index is 1340. The van der Waals surface area contributed by atoms with Crippen LogP contribution in [0.15, 0.2) is 47.5 Å². The molecule has 0 saturated carbocycles. The first-order valence-corrected chi connectivity index (χ1v) is 13.3. The number of hydrogen-bond donors (Lipinski definition) is 2. The number of para-hydroxylation sites is 1. The minimum Gasteiger partial charge on any atom is -0.489 e. The van der Waals surface area contributed by atoms with Crippen LogP contribution < -0.4 is 15.4 Å². The number of anilines is 4. The van der Waals surface area contributed by atoms with Crippen LogP contribution >= 0.6 is 11.6 Å². The first-order chi connectivity index (χ1) is 16.5. The molecule has 8 nitrogen and oxygen atoms in total. The highest BCUT2D eigenvalue weighted by molar-refractivity contribution is 7.91. The quantitative estimate of drug-likeness (QED) is 0.311. The fourth-order valence-electron chi connectivity index (χ4n) is 3.49. The molecule has 3 aromatic rings. The van der Waals surface area contributed by atoms with Gasteiger partial charge in [0.25, 0.3) is 0 Å². The number of aromatic nitrogens is 2. The number of aryl methyl sites for hydroxylation is 1. The molecule has 35 heavy (non-hydrogen) atoms. The summed E-state index contributed by atoms with van der Waals surface area (Å²) in [5.74, 6) is 0.921. The zero-order chi connectivity index (χ0) is 25.8. The topological polar surface area (TPSA) is 110 Å². The van der Waals surface area contributed by atoms with Gasteiger partial charge in [0.1, 0.15) is 10.8 Å². The Kier molecular flexibility index (Phi) is 8.34. The minimum atomic E-state index is -3.48. The summed E-state index contributed by atoms with van der Waals surface area (Å²) < 4.78 is 31.4. The predicted molar refractivity (Wildman–Crippen MR) is 139 cm³/mol. The molecule has 0 aliphatic heterocycles. The molecule has 0 aliphatic carbocycles. The molecular formula is C25H29ClN4O4S. The van der Waals surface area contributed by atoms with Gasteiger partial charge in [0.15, 0.2) is 21.4 Å². The second-order valence-corrected chi connectivity index (χ2v) is 10.8. The van der Waals surface area contributed by atoms with Crippen molar-refractivity contribution in [3.05, 3.63) is 58.7 Å². The Balaban J connectivity index is 1.99. The SMILES string of the molecule is CCCS(=O)(=O)c1ccccc1Nc1nc(Nc2cc(C(C)=O)c(C)cc2OC(C)C)ncc1Cl. The van der Waals surface area contributed by atoms with Crippen LogP contribution in [0.1, 0.15) is 50.0 Å². The summed E-state index contributed by atoms with van der Waals surface area (Å²) in [6.07, 6.45) is 1.81. The van der Waals surface area contributed by atoms with Crippen LogP contribution in [0.4, 0.5) is 23.1 Å². The number of carbonyl (C=O) groups is 1. The number of Topliss-reactive ketones (excluding diaryl/α,β-unsaturated/α-hetero) is 1. The van der Waals surface area contributed by atoms with Crippen molar-refractivity contribution in [3.8, 4) is 5.75 Å². The highest BCUT2D eigenvalue weighted by Crippen LogP contribution is 2.33. The van der Waals surface area contributed by atoms with Gasteiger partial charge in [-0.2, -0.15) is 4.98 Å². The number of halogens is 1. The summed E-state index contributed by atoms with van der Waals surface area (Å²) >= 11 is 6.33. The standard InChI is InChI=1S/C25H29ClN4O4S/c1-6-11-35(32,33)23-10-8-7-9-20(23)28-24-19(26)14-27-25(30-24)29-21-13-18(17(5)31)16(4)12-22(21)34-15(2)3/h7-10,12-15H,6,11H2,1-5H3,(H2,27,28,29,30). The minimum absolute atomic E-state index is 0.0283. The number of nitrogens with one attached hydrogen (secondary N) is 2. The number of ketones is 1. The lowest BCUT2D eigenvalue weighted by molar-refractivity contribution is 0.101. The highest BCUT2D eigenvalue weighted by atomic mass is 35.5. The summed E-state index contributed by atoms with van der Waals surface area (Å²) in [6, 6.07) is 10.1. The third-order valence-corrected chi connectivity index (χ3v) is 7.26. The molecule has 1 heterocycles. The van der Waals surface area contributed by atoms with Crippen LogP contribution in [0.5, 0.6) is 5.75 Å². The second-order valence-electron chi connectivity index (χ2n) is 8.34. The second kappa shape index (κ2) is 11.0. The molecule has 186 valence electrons. The zero-order valence-electron chi connectivity index (χ0n) is 20.3. The monoisotopic (exact) mass is 516 g/mol. The van der Waals surface area contributed by atoms with Crippen LogP contribution in [0.2, 0.25) is 5.02 Å². The molecule has 0 atom stereocenters. The number of ether oxygens (including phenoxy) is 1. The third-order valence-electron chi connectivity index (χ3n) is 5.01. The van der Waals surface area contributed by atoms with Gasteiger partial charge in [0.05, 0.1) is 34.3 Å². The predicted octanol–water partition coefficient (Wildman–Crippen LogP) is 6.10. The lowest BCUT2D eigenvalue weighted by atomic mass is 10.0. The maximum atomic E-state index is 12.7. The van der Waals surface area contributed by atoms with Crippen molar-refractivity contribution >= 4 is 50.4 Å². The van der Waals surface area contributed by atoms with Gasteiger partial charge in [0.2, 0.25) is 5.95 Å². The van der Waals surface area contributed by atoms with Gasteiger partial charge in [-0.05, 0) is 63.9 Å². The number of nitrogens with zero attached hydrogens (tertiary/aromatic N) is 2. The van der Waals surface area contributed by atoms with Crippen LogP contribution in [0.3, 0.4) is 0 Å².